The number of carbonyl (C=O) groups excluding carboxylic acids is 2. The lowest BCUT2D eigenvalue weighted by Crippen LogP contribution is -2.39. The number of nitrogens with zero attached hydrogens (tertiary/aromatic N) is 1. The van der Waals surface area contributed by atoms with Gasteiger partial charge in [0.05, 0.1) is 12.3 Å². The normalized spacial score (nSPS) is 12.7. The summed E-state index contributed by atoms with van der Waals surface area (Å²) in [4.78, 5) is 39.5. The largest absolute Gasteiger partial charge is 0.493 e. The summed E-state index contributed by atoms with van der Waals surface area (Å²) < 4.78 is 16.7. The maximum Gasteiger partial charge on any atom is 0.349 e. The maximum atomic E-state index is 12.9. The van der Waals surface area contributed by atoms with Gasteiger partial charge < -0.3 is 24.1 Å². The predicted octanol–water partition coefficient (Wildman–Crippen LogP) is 4.94. The van der Waals surface area contributed by atoms with Crippen molar-refractivity contribution >= 4 is 34.2 Å². The molecule has 1 N–H and O–H groups in total. The van der Waals surface area contributed by atoms with Gasteiger partial charge in [0.15, 0.2) is 6.61 Å². The Bertz CT molecular complexity index is 1530. The average molecular weight is 499 g/mol. The third-order valence-corrected chi connectivity index (χ3v) is 6.17. The number of hydrogen-bond donors (Lipinski definition) is 1. The Kier molecular flexibility index (Phi) is 6.89. The van der Waals surface area contributed by atoms with Gasteiger partial charge in [-0.05, 0) is 61.7 Å². The van der Waals surface area contributed by atoms with Crippen molar-refractivity contribution in [3.63, 3.8) is 0 Å². The zero-order valence-corrected chi connectivity index (χ0v) is 20.4. The van der Waals surface area contributed by atoms with Gasteiger partial charge in [0.25, 0.3) is 11.8 Å². The molecule has 0 aliphatic carbocycles. The van der Waals surface area contributed by atoms with E-state index in [9.17, 15) is 14.4 Å². The number of benzene rings is 3. The van der Waals surface area contributed by atoms with Crippen LogP contribution in [0.15, 0.2) is 82.0 Å². The molecule has 0 unspecified atom stereocenters. The SMILES string of the molecule is Cc1ccccc1OCCCCN1C(=O)COc2ccc(NC(=O)c3cc4ccccc4oc3=O)cc21. The molecular formula is C29H26N2O6. The van der Waals surface area contributed by atoms with E-state index in [1.54, 1.807) is 47.4 Å². The minimum Gasteiger partial charge on any atom is -0.493 e. The highest BCUT2D eigenvalue weighted by atomic mass is 16.5. The Labute approximate surface area is 213 Å². The molecule has 0 radical (unpaired) electrons. The Balaban J connectivity index is 1.26. The van der Waals surface area contributed by atoms with Gasteiger partial charge in [-0.2, -0.15) is 0 Å². The molecule has 188 valence electrons. The Hall–Kier alpha value is -4.59. The van der Waals surface area contributed by atoms with E-state index in [0.29, 0.717) is 41.2 Å². The first-order valence-corrected chi connectivity index (χ1v) is 12.1. The van der Waals surface area contributed by atoms with E-state index < -0.39 is 11.5 Å². The molecule has 0 spiro atoms. The molecular weight excluding hydrogens is 472 g/mol. The van der Waals surface area contributed by atoms with Crippen LogP contribution in [0.1, 0.15) is 28.8 Å². The number of hydrogen-bond acceptors (Lipinski definition) is 6. The van der Waals surface area contributed by atoms with Gasteiger partial charge in [0.2, 0.25) is 0 Å². The molecule has 2 heterocycles. The van der Waals surface area contributed by atoms with Gasteiger partial charge in [0, 0.05) is 17.6 Å². The lowest BCUT2D eigenvalue weighted by atomic mass is 10.1. The number of ether oxygens (including phenoxy) is 2. The first kappa shape index (κ1) is 24.1. The van der Waals surface area contributed by atoms with Crippen molar-refractivity contribution in [2.24, 2.45) is 0 Å². The number of anilines is 2. The summed E-state index contributed by atoms with van der Waals surface area (Å²) in [5, 5.41) is 3.38. The molecule has 2 amide bonds. The monoisotopic (exact) mass is 498 g/mol. The zero-order chi connectivity index (χ0) is 25.8. The number of amides is 2. The van der Waals surface area contributed by atoms with E-state index >= 15 is 0 Å². The second-order valence-electron chi connectivity index (χ2n) is 8.78. The Morgan fingerprint density at radius 3 is 2.68 bits per heavy atom. The fourth-order valence-corrected chi connectivity index (χ4v) is 4.22. The number of aryl methyl sites for hydroxylation is 1. The molecule has 0 bridgehead atoms. The fraction of sp³-hybridized carbons (Fsp3) is 0.207. The van der Waals surface area contributed by atoms with Crippen LogP contribution in [-0.4, -0.2) is 31.6 Å². The van der Waals surface area contributed by atoms with Gasteiger partial charge >= 0.3 is 5.63 Å². The number of carbonyl (C=O) groups is 2. The second kappa shape index (κ2) is 10.6. The number of rotatable bonds is 8. The number of fused-ring (bicyclic) bond motifs is 2. The Morgan fingerprint density at radius 1 is 1.00 bits per heavy atom. The average Bonchev–Trinajstić information content (AvgIpc) is 2.90. The van der Waals surface area contributed by atoms with Crippen molar-refractivity contribution in [1.82, 2.24) is 0 Å². The number of nitrogens with one attached hydrogen (secondary N) is 1. The van der Waals surface area contributed by atoms with E-state index in [1.165, 1.54) is 6.07 Å². The zero-order valence-electron chi connectivity index (χ0n) is 20.4. The molecule has 1 aromatic heterocycles. The van der Waals surface area contributed by atoms with Crippen molar-refractivity contribution in [2.45, 2.75) is 19.8 Å². The molecule has 0 atom stereocenters. The van der Waals surface area contributed by atoms with Crippen molar-refractivity contribution in [3.05, 3.63) is 94.3 Å². The van der Waals surface area contributed by atoms with Crippen molar-refractivity contribution in [2.75, 3.05) is 30.0 Å². The molecule has 1 aliphatic heterocycles. The van der Waals surface area contributed by atoms with E-state index in [0.717, 1.165) is 24.2 Å². The van der Waals surface area contributed by atoms with Crippen molar-refractivity contribution in [1.29, 1.82) is 0 Å². The standard InChI is InChI=1S/C29H26N2O6/c1-19-8-2-4-10-24(19)35-15-7-6-14-31-23-17-21(12-13-26(23)36-18-27(31)32)30-28(33)22-16-20-9-3-5-11-25(20)37-29(22)34/h2-5,8-13,16-17H,6-7,14-15,18H2,1H3,(H,30,33). The minimum absolute atomic E-state index is 0.0451. The number of para-hydroxylation sites is 2. The summed E-state index contributed by atoms with van der Waals surface area (Å²) in [5.41, 5.74) is 1.67. The number of unbranched alkanes of at least 4 members (excludes halogenated alkanes) is 1. The molecule has 37 heavy (non-hydrogen) atoms. The van der Waals surface area contributed by atoms with E-state index in [2.05, 4.69) is 5.32 Å². The smallest absolute Gasteiger partial charge is 0.349 e. The van der Waals surface area contributed by atoms with E-state index in [4.69, 9.17) is 13.9 Å². The Morgan fingerprint density at radius 2 is 1.81 bits per heavy atom. The molecule has 0 saturated heterocycles. The van der Waals surface area contributed by atoms with Crippen LogP contribution in [0.5, 0.6) is 11.5 Å². The summed E-state index contributed by atoms with van der Waals surface area (Å²) in [6, 6.07) is 21.4. The summed E-state index contributed by atoms with van der Waals surface area (Å²) in [7, 11) is 0. The first-order valence-electron chi connectivity index (χ1n) is 12.1. The quantitative estimate of drug-likeness (QED) is 0.273. The van der Waals surface area contributed by atoms with Crippen LogP contribution in [0, 0.1) is 6.92 Å². The van der Waals surface area contributed by atoms with Crippen LogP contribution in [0.25, 0.3) is 11.0 Å². The lowest BCUT2D eigenvalue weighted by molar-refractivity contribution is -0.121. The van der Waals surface area contributed by atoms with Gasteiger partial charge in [-0.15, -0.1) is 0 Å². The minimum atomic E-state index is -0.720. The van der Waals surface area contributed by atoms with Crippen LogP contribution in [0.2, 0.25) is 0 Å². The second-order valence-corrected chi connectivity index (χ2v) is 8.78. The fourth-order valence-electron chi connectivity index (χ4n) is 4.22. The molecule has 5 rings (SSSR count). The molecule has 0 saturated carbocycles. The summed E-state index contributed by atoms with van der Waals surface area (Å²) in [6.45, 7) is 2.98. The van der Waals surface area contributed by atoms with Crippen LogP contribution in [0.4, 0.5) is 11.4 Å². The predicted molar refractivity (Wildman–Crippen MR) is 141 cm³/mol. The third-order valence-electron chi connectivity index (χ3n) is 6.17. The molecule has 3 aromatic carbocycles. The molecule has 8 heteroatoms. The summed E-state index contributed by atoms with van der Waals surface area (Å²) in [5.74, 6) is 0.656. The van der Waals surface area contributed by atoms with Crippen molar-refractivity contribution in [3.8, 4) is 11.5 Å². The van der Waals surface area contributed by atoms with Crippen LogP contribution < -0.4 is 25.3 Å². The molecule has 8 nitrogen and oxygen atoms in total. The van der Waals surface area contributed by atoms with E-state index in [1.807, 2.05) is 31.2 Å². The van der Waals surface area contributed by atoms with Gasteiger partial charge in [0.1, 0.15) is 22.6 Å². The highest BCUT2D eigenvalue weighted by molar-refractivity contribution is 6.06. The maximum absolute atomic E-state index is 12.9. The highest BCUT2D eigenvalue weighted by Crippen LogP contribution is 2.35. The molecule has 0 fully saturated rings. The van der Waals surface area contributed by atoms with E-state index in [-0.39, 0.29) is 18.1 Å². The highest BCUT2D eigenvalue weighted by Gasteiger charge is 2.26. The summed E-state index contributed by atoms with van der Waals surface area (Å²) in [6.07, 6.45) is 1.49. The lowest BCUT2D eigenvalue weighted by Gasteiger charge is -2.30. The van der Waals surface area contributed by atoms with Gasteiger partial charge in [-0.3, -0.25) is 9.59 Å². The molecule has 1 aliphatic rings. The van der Waals surface area contributed by atoms with Gasteiger partial charge in [-0.1, -0.05) is 36.4 Å². The summed E-state index contributed by atoms with van der Waals surface area (Å²) >= 11 is 0. The first-order chi connectivity index (χ1) is 18.0. The van der Waals surface area contributed by atoms with Crippen LogP contribution in [-0.2, 0) is 4.79 Å². The molecule has 4 aromatic rings. The topological polar surface area (TPSA) is 98.1 Å². The third kappa shape index (κ3) is 5.33. The van der Waals surface area contributed by atoms with Crippen LogP contribution in [0.3, 0.4) is 0 Å². The van der Waals surface area contributed by atoms with Gasteiger partial charge in [-0.25, -0.2) is 4.79 Å². The van der Waals surface area contributed by atoms with Crippen LogP contribution >= 0.6 is 0 Å². The van der Waals surface area contributed by atoms with Crippen molar-refractivity contribution < 1.29 is 23.5 Å².